The number of carboxylic acids is 1. The highest BCUT2D eigenvalue weighted by Gasteiger charge is 2.19. The second-order valence-corrected chi connectivity index (χ2v) is 7.49. The predicted octanol–water partition coefficient (Wildman–Crippen LogP) is 2.46. The fourth-order valence-corrected chi connectivity index (χ4v) is 3.36. The van der Waals surface area contributed by atoms with E-state index in [-0.39, 0.29) is 17.9 Å². The highest BCUT2D eigenvalue weighted by Crippen LogP contribution is 2.26. The van der Waals surface area contributed by atoms with E-state index >= 15 is 0 Å². The zero-order valence-electron chi connectivity index (χ0n) is 12.4. The van der Waals surface area contributed by atoms with Gasteiger partial charge in [0, 0.05) is 24.8 Å². The highest BCUT2D eigenvalue weighted by molar-refractivity contribution is 8.00. The molecule has 0 aromatic heterocycles. The van der Waals surface area contributed by atoms with Gasteiger partial charge < -0.3 is 15.7 Å². The summed E-state index contributed by atoms with van der Waals surface area (Å²) >= 11 is 1.92. The predicted molar refractivity (Wildman–Crippen MR) is 82.1 cm³/mol. The Morgan fingerprint density at radius 3 is 2.65 bits per heavy atom. The molecular formula is C14H26N2O3S. The third-order valence-corrected chi connectivity index (χ3v) is 5.02. The molecule has 1 heterocycles. The zero-order chi connectivity index (χ0) is 15.0. The number of hydrogen-bond donors (Lipinski definition) is 3. The van der Waals surface area contributed by atoms with Gasteiger partial charge >= 0.3 is 12.0 Å². The van der Waals surface area contributed by atoms with Crippen molar-refractivity contribution in [1.29, 1.82) is 0 Å². The molecule has 0 spiro atoms. The molecule has 1 saturated heterocycles. The molecule has 1 aliphatic heterocycles. The molecule has 20 heavy (non-hydrogen) atoms. The van der Waals surface area contributed by atoms with Crippen molar-refractivity contribution in [3.05, 3.63) is 0 Å². The van der Waals surface area contributed by atoms with E-state index < -0.39 is 5.97 Å². The molecule has 1 unspecified atom stereocenters. The first kappa shape index (κ1) is 17.1. The van der Waals surface area contributed by atoms with E-state index in [1.165, 1.54) is 18.6 Å². The fourth-order valence-electron chi connectivity index (χ4n) is 2.16. The lowest BCUT2D eigenvalue weighted by Crippen LogP contribution is -2.39. The first-order valence-electron chi connectivity index (χ1n) is 7.24. The Morgan fingerprint density at radius 1 is 1.30 bits per heavy atom. The minimum absolute atomic E-state index is 0.0625. The van der Waals surface area contributed by atoms with Crippen LogP contribution < -0.4 is 10.6 Å². The largest absolute Gasteiger partial charge is 0.481 e. The van der Waals surface area contributed by atoms with Gasteiger partial charge in [0.25, 0.3) is 0 Å². The molecule has 0 aromatic carbocycles. The van der Waals surface area contributed by atoms with E-state index in [0.717, 1.165) is 13.0 Å². The molecular weight excluding hydrogens is 276 g/mol. The van der Waals surface area contributed by atoms with Crippen molar-refractivity contribution in [3.8, 4) is 0 Å². The monoisotopic (exact) mass is 302 g/mol. The lowest BCUT2D eigenvalue weighted by Gasteiger charge is -2.24. The number of carbonyl (C=O) groups excluding carboxylic acids is 1. The Bertz CT molecular complexity index is 328. The van der Waals surface area contributed by atoms with Gasteiger partial charge in [0.15, 0.2) is 0 Å². The zero-order valence-corrected chi connectivity index (χ0v) is 13.2. The quantitative estimate of drug-likeness (QED) is 0.643. The van der Waals surface area contributed by atoms with Gasteiger partial charge in [-0.2, -0.15) is 11.8 Å². The summed E-state index contributed by atoms with van der Waals surface area (Å²) in [5.74, 6) is 0.434. The SMILES string of the molecule is CC(C)(CCNC(=O)NCC1CCCS1)CCC(=O)O. The van der Waals surface area contributed by atoms with Crippen molar-refractivity contribution in [2.75, 3.05) is 18.8 Å². The number of hydrogen-bond acceptors (Lipinski definition) is 3. The van der Waals surface area contributed by atoms with Crippen LogP contribution in [0.15, 0.2) is 0 Å². The maximum atomic E-state index is 11.6. The number of urea groups is 1. The highest BCUT2D eigenvalue weighted by atomic mass is 32.2. The summed E-state index contributed by atoms with van der Waals surface area (Å²) < 4.78 is 0. The number of nitrogens with one attached hydrogen (secondary N) is 2. The minimum Gasteiger partial charge on any atom is -0.481 e. The third-order valence-electron chi connectivity index (χ3n) is 3.62. The van der Waals surface area contributed by atoms with Gasteiger partial charge in [-0.1, -0.05) is 13.8 Å². The molecule has 3 N–H and O–H groups in total. The maximum Gasteiger partial charge on any atom is 0.314 e. The van der Waals surface area contributed by atoms with Crippen molar-refractivity contribution in [2.45, 2.75) is 51.2 Å². The van der Waals surface area contributed by atoms with Crippen LogP contribution in [0.1, 0.15) is 46.0 Å². The molecule has 5 nitrogen and oxygen atoms in total. The molecule has 2 amide bonds. The number of amides is 2. The molecule has 0 bridgehead atoms. The van der Waals surface area contributed by atoms with E-state index in [2.05, 4.69) is 10.6 Å². The van der Waals surface area contributed by atoms with Crippen molar-refractivity contribution in [1.82, 2.24) is 10.6 Å². The summed E-state index contributed by atoms with van der Waals surface area (Å²) in [6.07, 6.45) is 4.03. The number of thioether (sulfide) groups is 1. The van der Waals surface area contributed by atoms with Crippen LogP contribution in [0, 0.1) is 5.41 Å². The van der Waals surface area contributed by atoms with Gasteiger partial charge in [-0.25, -0.2) is 4.79 Å². The smallest absolute Gasteiger partial charge is 0.314 e. The van der Waals surface area contributed by atoms with Crippen LogP contribution >= 0.6 is 11.8 Å². The second-order valence-electron chi connectivity index (χ2n) is 6.08. The van der Waals surface area contributed by atoms with Gasteiger partial charge in [0.2, 0.25) is 0 Å². The van der Waals surface area contributed by atoms with E-state index in [0.29, 0.717) is 18.2 Å². The summed E-state index contributed by atoms with van der Waals surface area (Å²) in [7, 11) is 0. The molecule has 116 valence electrons. The van der Waals surface area contributed by atoms with Crippen LogP contribution in [0.2, 0.25) is 0 Å². The van der Waals surface area contributed by atoms with Gasteiger partial charge in [-0.3, -0.25) is 4.79 Å². The summed E-state index contributed by atoms with van der Waals surface area (Å²) in [6.45, 7) is 5.38. The van der Waals surface area contributed by atoms with Crippen LogP contribution in [0.25, 0.3) is 0 Å². The molecule has 0 aromatic rings. The molecule has 6 heteroatoms. The number of carboxylic acid groups (broad SMARTS) is 1. The van der Waals surface area contributed by atoms with Crippen LogP contribution in [0.3, 0.4) is 0 Å². The average molecular weight is 302 g/mol. The van der Waals surface area contributed by atoms with E-state index in [9.17, 15) is 9.59 Å². The normalized spacial score (nSPS) is 18.8. The van der Waals surface area contributed by atoms with Crippen molar-refractivity contribution >= 4 is 23.8 Å². The Hall–Kier alpha value is -0.910. The number of aliphatic carboxylic acids is 1. The van der Waals surface area contributed by atoms with E-state index in [1.807, 2.05) is 25.6 Å². The Morgan fingerprint density at radius 2 is 2.05 bits per heavy atom. The fraction of sp³-hybridized carbons (Fsp3) is 0.857. The summed E-state index contributed by atoms with van der Waals surface area (Å²) in [5.41, 5.74) is -0.0625. The molecule has 0 radical (unpaired) electrons. The molecule has 0 saturated carbocycles. The van der Waals surface area contributed by atoms with Crippen LogP contribution in [-0.2, 0) is 4.79 Å². The summed E-state index contributed by atoms with van der Waals surface area (Å²) in [4.78, 5) is 22.2. The Kier molecular flexibility index (Phi) is 7.19. The number of rotatable bonds is 8. The molecule has 1 rings (SSSR count). The van der Waals surface area contributed by atoms with Crippen molar-refractivity contribution in [2.24, 2.45) is 5.41 Å². The van der Waals surface area contributed by atoms with Crippen LogP contribution in [-0.4, -0.2) is 41.2 Å². The van der Waals surface area contributed by atoms with E-state index in [1.54, 1.807) is 0 Å². The second kappa shape index (κ2) is 8.39. The molecule has 1 fully saturated rings. The van der Waals surface area contributed by atoms with Crippen LogP contribution in [0.5, 0.6) is 0 Å². The van der Waals surface area contributed by atoms with Crippen molar-refractivity contribution in [3.63, 3.8) is 0 Å². The van der Waals surface area contributed by atoms with E-state index in [4.69, 9.17) is 5.11 Å². The lowest BCUT2D eigenvalue weighted by molar-refractivity contribution is -0.137. The summed E-state index contributed by atoms with van der Waals surface area (Å²) in [6, 6.07) is -0.119. The number of carbonyl (C=O) groups is 2. The first-order chi connectivity index (χ1) is 9.39. The average Bonchev–Trinajstić information content (AvgIpc) is 2.87. The van der Waals surface area contributed by atoms with Gasteiger partial charge in [-0.05, 0) is 36.9 Å². The minimum atomic E-state index is -0.766. The van der Waals surface area contributed by atoms with Crippen molar-refractivity contribution < 1.29 is 14.7 Å². The standard InChI is InChI=1S/C14H26N2O3S/c1-14(2,6-5-12(17)18)7-8-15-13(19)16-10-11-4-3-9-20-11/h11H,3-10H2,1-2H3,(H,17,18)(H2,15,16,19). The molecule has 0 aliphatic carbocycles. The molecule has 1 aliphatic rings. The topological polar surface area (TPSA) is 78.4 Å². The van der Waals surface area contributed by atoms with Crippen LogP contribution in [0.4, 0.5) is 4.79 Å². The summed E-state index contributed by atoms with van der Waals surface area (Å²) in [5, 5.41) is 15.0. The Balaban J connectivity index is 2.09. The maximum absolute atomic E-state index is 11.6. The van der Waals surface area contributed by atoms with Gasteiger partial charge in [0.1, 0.15) is 0 Å². The molecule has 1 atom stereocenters. The first-order valence-corrected chi connectivity index (χ1v) is 8.29. The third kappa shape index (κ3) is 7.62. The lowest BCUT2D eigenvalue weighted by atomic mass is 9.84. The Labute approximate surface area is 125 Å². The van der Waals surface area contributed by atoms with Gasteiger partial charge in [0.05, 0.1) is 0 Å². The van der Waals surface area contributed by atoms with Gasteiger partial charge in [-0.15, -0.1) is 0 Å².